The van der Waals surface area contributed by atoms with E-state index in [1.54, 1.807) is 13.2 Å². The molecule has 0 bridgehead atoms. The molecule has 1 amide bonds. The van der Waals surface area contributed by atoms with Gasteiger partial charge in [0, 0.05) is 12.8 Å². The van der Waals surface area contributed by atoms with Gasteiger partial charge >= 0.3 is 0 Å². The highest BCUT2D eigenvalue weighted by Crippen LogP contribution is 2.07. The van der Waals surface area contributed by atoms with Crippen LogP contribution in [0.5, 0.6) is 0 Å². The van der Waals surface area contributed by atoms with Crippen molar-refractivity contribution in [3.05, 3.63) is 42.5 Å². The van der Waals surface area contributed by atoms with Crippen LogP contribution in [0.25, 0.3) is 0 Å². The lowest BCUT2D eigenvalue weighted by Gasteiger charge is -1.97. The molecule has 16 heavy (non-hydrogen) atoms. The van der Waals surface area contributed by atoms with E-state index in [2.05, 4.69) is 11.9 Å². The summed E-state index contributed by atoms with van der Waals surface area (Å²) in [6.07, 6.45) is 2.62. The molecule has 1 unspecified atom stereocenters. The van der Waals surface area contributed by atoms with Crippen LogP contribution >= 0.6 is 0 Å². The van der Waals surface area contributed by atoms with Gasteiger partial charge in [0.1, 0.15) is 0 Å². The van der Waals surface area contributed by atoms with Gasteiger partial charge in [-0.3, -0.25) is 4.79 Å². The summed E-state index contributed by atoms with van der Waals surface area (Å²) in [6.45, 7) is 7.43. The first-order valence-corrected chi connectivity index (χ1v) is 5.06. The number of aryl methyl sites for hydroxylation is 1. The Bertz CT molecular complexity index is 323. The Balaban J connectivity index is 0.000000325. The van der Waals surface area contributed by atoms with E-state index in [1.807, 2.05) is 38.1 Å². The predicted molar refractivity (Wildman–Crippen MR) is 67.5 cm³/mol. The first kappa shape index (κ1) is 14.4. The van der Waals surface area contributed by atoms with Gasteiger partial charge in [-0.05, 0) is 31.5 Å². The molecule has 1 aromatic rings. The second-order valence-corrected chi connectivity index (χ2v) is 3.31. The van der Waals surface area contributed by atoms with Crippen molar-refractivity contribution in [2.24, 2.45) is 0 Å². The summed E-state index contributed by atoms with van der Waals surface area (Å²) in [5.41, 5.74) is 1.99. The van der Waals surface area contributed by atoms with Gasteiger partial charge in [0.15, 0.2) is 0 Å². The van der Waals surface area contributed by atoms with Crippen molar-refractivity contribution in [3.63, 3.8) is 0 Å². The van der Waals surface area contributed by atoms with Gasteiger partial charge in [-0.15, -0.1) is 6.58 Å². The molecule has 0 heterocycles. The molecule has 0 saturated carbocycles. The Hall–Kier alpha value is -1.61. The largest absolute Gasteiger partial charge is 0.378 e. The van der Waals surface area contributed by atoms with Gasteiger partial charge in [-0.1, -0.05) is 18.2 Å². The maximum atomic E-state index is 9.97. The van der Waals surface area contributed by atoms with Gasteiger partial charge in [-0.25, -0.2) is 0 Å². The Morgan fingerprint density at radius 3 is 2.56 bits per heavy atom. The summed E-state index contributed by atoms with van der Waals surface area (Å²) in [4.78, 5) is 9.97. The highest BCUT2D eigenvalue weighted by atomic mass is 16.5. The topological polar surface area (TPSA) is 38.3 Å². The monoisotopic (exact) mass is 221 g/mol. The molecule has 0 aliphatic heterocycles. The zero-order valence-corrected chi connectivity index (χ0v) is 10.1. The van der Waals surface area contributed by atoms with Gasteiger partial charge in [0.2, 0.25) is 6.41 Å². The Labute approximate surface area is 97.1 Å². The third kappa shape index (κ3) is 6.79. The van der Waals surface area contributed by atoms with E-state index in [0.29, 0.717) is 6.41 Å². The standard InChI is InChI=1S/C8H9NO.C5H10O/c1-7-3-2-4-8(5-7)9-6-10;1-4-5(2)6-3/h2-6H,1H3,(H,9,10);4-5H,1H2,2-3H3. The number of amides is 1. The minimum Gasteiger partial charge on any atom is -0.378 e. The molecule has 0 aliphatic carbocycles. The van der Waals surface area contributed by atoms with E-state index < -0.39 is 0 Å². The van der Waals surface area contributed by atoms with Crippen LogP contribution in [0, 0.1) is 6.92 Å². The quantitative estimate of drug-likeness (QED) is 0.627. The first-order chi connectivity index (χ1) is 7.63. The average molecular weight is 221 g/mol. The lowest BCUT2D eigenvalue weighted by molar-refractivity contribution is -0.105. The minimum absolute atomic E-state index is 0.199. The van der Waals surface area contributed by atoms with E-state index >= 15 is 0 Å². The molecule has 1 N–H and O–H groups in total. The van der Waals surface area contributed by atoms with Crippen molar-refractivity contribution in [2.45, 2.75) is 20.0 Å². The van der Waals surface area contributed by atoms with Gasteiger partial charge in [0.05, 0.1) is 6.10 Å². The maximum absolute atomic E-state index is 9.97. The van der Waals surface area contributed by atoms with Crippen LogP contribution < -0.4 is 5.32 Å². The Kier molecular flexibility index (Phi) is 7.81. The fraction of sp³-hybridized carbons (Fsp3) is 0.308. The van der Waals surface area contributed by atoms with Gasteiger partial charge in [-0.2, -0.15) is 0 Å². The van der Waals surface area contributed by atoms with Crippen molar-refractivity contribution in [1.82, 2.24) is 0 Å². The summed E-state index contributed by atoms with van der Waals surface area (Å²) in [5.74, 6) is 0. The number of anilines is 1. The summed E-state index contributed by atoms with van der Waals surface area (Å²) >= 11 is 0. The zero-order chi connectivity index (χ0) is 12.4. The lowest BCUT2D eigenvalue weighted by atomic mass is 10.2. The van der Waals surface area contributed by atoms with Crippen LogP contribution in [0.4, 0.5) is 5.69 Å². The van der Waals surface area contributed by atoms with E-state index in [0.717, 1.165) is 11.3 Å². The number of carbonyl (C=O) groups is 1. The molecule has 3 nitrogen and oxygen atoms in total. The molecule has 0 fully saturated rings. The molecule has 1 aromatic carbocycles. The number of hydrogen-bond acceptors (Lipinski definition) is 2. The highest BCUT2D eigenvalue weighted by Gasteiger charge is 1.87. The van der Waals surface area contributed by atoms with E-state index in [-0.39, 0.29) is 6.10 Å². The molecule has 3 heteroatoms. The van der Waals surface area contributed by atoms with E-state index in [4.69, 9.17) is 4.74 Å². The maximum Gasteiger partial charge on any atom is 0.211 e. The predicted octanol–water partition coefficient (Wildman–Crippen LogP) is 2.77. The van der Waals surface area contributed by atoms with E-state index in [1.165, 1.54) is 0 Å². The van der Waals surface area contributed by atoms with Crippen molar-refractivity contribution >= 4 is 12.1 Å². The molecule has 1 rings (SSSR count). The fourth-order valence-electron chi connectivity index (χ4n) is 0.899. The smallest absolute Gasteiger partial charge is 0.211 e. The highest BCUT2D eigenvalue weighted by molar-refractivity contribution is 5.71. The number of nitrogens with one attached hydrogen (secondary N) is 1. The summed E-state index contributed by atoms with van der Waals surface area (Å²) in [5, 5.41) is 2.57. The van der Waals surface area contributed by atoms with Crippen LogP contribution in [0.3, 0.4) is 0 Å². The van der Waals surface area contributed by atoms with Crippen LogP contribution in [-0.2, 0) is 9.53 Å². The Morgan fingerprint density at radius 2 is 2.19 bits per heavy atom. The van der Waals surface area contributed by atoms with Gasteiger partial charge in [0.25, 0.3) is 0 Å². The number of hydrogen-bond donors (Lipinski definition) is 1. The van der Waals surface area contributed by atoms with Crippen molar-refractivity contribution in [2.75, 3.05) is 12.4 Å². The number of rotatable bonds is 4. The SMILES string of the molecule is C=CC(C)OC.Cc1cccc(NC=O)c1. The molecule has 0 saturated heterocycles. The lowest BCUT2D eigenvalue weighted by Crippen LogP contribution is -1.96. The summed E-state index contributed by atoms with van der Waals surface area (Å²) in [7, 11) is 1.66. The number of carbonyl (C=O) groups excluding carboxylic acids is 1. The van der Waals surface area contributed by atoms with Gasteiger partial charge < -0.3 is 10.1 Å². The number of methoxy groups -OCH3 is 1. The number of benzene rings is 1. The molecule has 1 atom stereocenters. The van der Waals surface area contributed by atoms with Crippen LogP contribution in [0.15, 0.2) is 36.9 Å². The molecule has 88 valence electrons. The van der Waals surface area contributed by atoms with E-state index in [9.17, 15) is 4.79 Å². The Morgan fingerprint density at radius 1 is 1.50 bits per heavy atom. The summed E-state index contributed by atoms with van der Waals surface area (Å²) in [6, 6.07) is 7.65. The normalized spacial score (nSPS) is 10.7. The second-order valence-electron chi connectivity index (χ2n) is 3.31. The minimum atomic E-state index is 0.199. The zero-order valence-electron chi connectivity index (χ0n) is 10.1. The number of ether oxygens (including phenoxy) is 1. The van der Waals surface area contributed by atoms with Crippen molar-refractivity contribution in [3.8, 4) is 0 Å². The summed E-state index contributed by atoms with van der Waals surface area (Å²) < 4.78 is 4.78. The second kappa shape index (κ2) is 8.68. The molecular weight excluding hydrogens is 202 g/mol. The van der Waals surface area contributed by atoms with Crippen molar-refractivity contribution in [1.29, 1.82) is 0 Å². The molecule has 0 aromatic heterocycles. The third-order valence-corrected chi connectivity index (χ3v) is 1.95. The average Bonchev–Trinajstić information content (AvgIpc) is 2.29. The third-order valence-electron chi connectivity index (χ3n) is 1.95. The molecular formula is C13H19NO2. The van der Waals surface area contributed by atoms with Crippen LogP contribution in [-0.4, -0.2) is 19.6 Å². The van der Waals surface area contributed by atoms with Crippen LogP contribution in [0.1, 0.15) is 12.5 Å². The fourth-order valence-corrected chi connectivity index (χ4v) is 0.899. The molecule has 0 radical (unpaired) electrons. The molecule has 0 spiro atoms. The van der Waals surface area contributed by atoms with Crippen LogP contribution in [0.2, 0.25) is 0 Å². The van der Waals surface area contributed by atoms with Crippen molar-refractivity contribution < 1.29 is 9.53 Å². The first-order valence-electron chi connectivity index (χ1n) is 5.06. The molecule has 0 aliphatic rings.